The van der Waals surface area contributed by atoms with Crippen LogP contribution in [0.5, 0.6) is 0 Å². The van der Waals surface area contributed by atoms with E-state index in [1.807, 2.05) is 30.5 Å². The van der Waals surface area contributed by atoms with Crippen LogP contribution >= 0.6 is 0 Å². The van der Waals surface area contributed by atoms with Crippen LogP contribution in [0, 0.1) is 11.8 Å². The summed E-state index contributed by atoms with van der Waals surface area (Å²) in [5.41, 5.74) is 2.45. The summed E-state index contributed by atoms with van der Waals surface area (Å²) in [6.07, 6.45) is 9.30. The van der Waals surface area contributed by atoms with Crippen molar-refractivity contribution >= 4 is 5.82 Å². The molecule has 0 aliphatic heterocycles. The van der Waals surface area contributed by atoms with E-state index in [0.29, 0.717) is 12.6 Å². The fourth-order valence-electron chi connectivity index (χ4n) is 4.09. The van der Waals surface area contributed by atoms with Gasteiger partial charge in [-0.1, -0.05) is 6.07 Å². The van der Waals surface area contributed by atoms with Gasteiger partial charge in [-0.05, 0) is 60.9 Å². The first-order chi connectivity index (χ1) is 13.3. The Morgan fingerprint density at radius 3 is 2.74 bits per heavy atom. The lowest BCUT2D eigenvalue weighted by molar-refractivity contribution is 0.0361. The number of pyridine rings is 2. The number of fused-ring (bicyclic) bond motifs is 1. The maximum atomic E-state index is 12.1. The second-order valence-electron chi connectivity index (χ2n) is 7.50. The Kier molecular flexibility index (Phi) is 3.96. The quantitative estimate of drug-likeness (QED) is 0.758. The Hall–Kier alpha value is -3.02. The molecule has 2 saturated carbocycles. The minimum absolute atomic E-state index is 0.131. The van der Waals surface area contributed by atoms with Gasteiger partial charge in [-0.25, -0.2) is 9.67 Å². The van der Waals surface area contributed by atoms with Gasteiger partial charge in [0.1, 0.15) is 5.82 Å². The number of anilines is 1. The lowest BCUT2D eigenvalue weighted by Gasteiger charge is -2.53. The zero-order valence-corrected chi connectivity index (χ0v) is 15.0. The van der Waals surface area contributed by atoms with Crippen molar-refractivity contribution in [2.75, 3.05) is 5.32 Å². The van der Waals surface area contributed by atoms with E-state index < -0.39 is 0 Å². The number of nitrogens with zero attached hydrogens (tertiary/aromatic N) is 4. The predicted molar refractivity (Wildman–Crippen MR) is 103 cm³/mol. The highest BCUT2D eigenvalue weighted by atomic mass is 16.1. The van der Waals surface area contributed by atoms with E-state index >= 15 is 0 Å². The van der Waals surface area contributed by atoms with Crippen LogP contribution in [0.25, 0.3) is 11.3 Å². The summed E-state index contributed by atoms with van der Waals surface area (Å²) in [7, 11) is 0. The molecule has 3 unspecified atom stereocenters. The average Bonchev–Trinajstić information content (AvgIpc) is 2.68. The number of rotatable bonds is 5. The van der Waals surface area contributed by atoms with Crippen molar-refractivity contribution in [2.45, 2.75) is 31.8 Å². The molecule has 27 heavy (non-hydrogen) atoms. The van der Waals surface area contributed by atoms with Gasteiger partial charge < -0.3 is 5.32 Å². The van der Waals surface area contributed by atoms with E-state index in [1.165, 1.54) is 23.9 Å². The van der Waals surface area contributed by atoms with Gasteiger partial charge in [-0.3, -0.25) is 9.78 Å². The molecule has 136 valence electrons. The molecule has 0 saturated heterocycles. The SMILES string of the molecule is O=c1ccc(-c2ccc(NC3CC4CCC43)nc2)nn1Cc1cccnc1. The minimum atomic E-state index is -0.131. The van der Waals surface area contributed by atoms with Gasteiger partial charge in [0.15, 0.2) is 0 Å². The molecule has 3 aromatic heterocycles. The number of aromatic nitrogens is 4. The lowest BCUT2D eigenvalue weighted by atomic mass is 9.56. The smallest absolute Gasteiger partial charge is 0.267 e. The molecular weight excluding hydrogens is 338 g/mol. The molecule has 0 radical (unpaired) electrons. The molecule has 0 amide bonds. The number of nitrogens with one attached hydrogen (secondary N) is 1. The molecule has 2 aliphatic carbocycles. The molecule has 6 heteroatoms. The van der Waals surface area contributed by atoms with Crippen molar-refractivity contribution in [3.05, 3.63) is 70.9 Å². The molecule has 0 aromatic carbocycles. The Balaban J connectivity index is 1.33. The van der Waals surface area contributed by atoms with E-state index in [-0.39, 0.29) is 5.56 Å². The first kappa shape index (κ1) is 16.2. The Morgan fingerprint density at radius 1 is 1.11 bits per heavy atom. The molecule has 3 aromatic rings. The highest BCUT2D eigenvalue weighted by Gasteiger charge is 2.46. The molecule has 0 bridgehead atoms. The predicted octanol–water partition coefficient (Wildman–Crippen LogP) is 2.96. The largest absolute Gasteiger partial charge is 0.367 e. The summed E-state index contributed by atoms with van der Waals surface area (Å²) in [6.45, 7) is 0.401. The monoisotopic (exact) mass is 359 g/mol. The van der Waals surface area contributed by atoms with E-state index in [2.05, 4.69) is 20.4 Å². The zero-order chi connectivity index (χ0) is 18.2. The fraction of sp³-hybridized carbons (Fsp3) is 0.333. The lowest BCUT2D eigenvalue weighted by Crippen LogP contribution is -2.52. The summed E-state index contributed by atoms with van der Waals surface area (Å²) in [4.78, 5) is 20.8. The van der Waals surface area contributed by atoms with Crippen LogP contribution in [-0.2, 0) is 6.54 Å². The van der Waals surface area contributed by atoms with Gasteiger partial charge in [0.25, 0.3) is 5.56 Å². The van der Waals surface area contributed by atoms with Crippen LogP contribution in [0.4, 0.5) is 5.82 Å². The van der Waals surface area contributed by atoms with E-state index in [0.717, 1.165) is 34.5 Å². The highest BCUT2D eigenvalue weighted by molar-refractivity contribution is 5.59. The molecule has 2 aliphatic rings. The third kappa shape index (κ3) is 3.12. The van der Waals surface area contributed by atoms with Crippen LogP contribution in [0.1, 0.15) is 24.8 Å². The summed E-state index contributed by atoms with van der Waals surface area (Å²) in [5.74, 6) is 2.72. The van der Waals surface area contributed by atoms with Crippen LogP contribution in [0.3, 0.4) is 0 Å². The van der Waals surface area contributed by atoms with Gasteiger partial charge in [-0.15, -0.1) is 0 Å². The Labute approximate surface area is 157 Å². The van der Waals surface area contributed by atoms with Crippen molar-refractivity contribution in [3.8, 4) is 11.3 Å². The summed E-state index contributed by atoms with van der Waals surface area (Å²) in [5, 5.41) is 8.05. The summed E-state index contributed by atoms with van der Waals surface area (Å²) in [6, 6.07) is 11.7. The molecule has 6 nitrogen and oxygen atoms in total. The fourth-order valence-corrected chi connectivity index (χ4v) is 4.09. The van der Waals surface area contributed by atoms with Gasteiger partial charge in [0.05, 0.1) is 12.2 Å². The van der Waals surface area contributed by atoms with E-state index in [9.17, 15) is 4.79 Å². The zero-order valence-electron chi connectivity index (χ0n) is 15.0. The number of hydrogen-bond donors (Lipinski definition) is 1. The Bertz CT molecular complexity index is 999. The molecule has 0 spiro atoms. The maximum absolute atomic E-state index is 12.1. The minimum Gasteiger partial charge on any atom is -0.367 e. The van der Waals surface area contributed by atoms with Crippen LogP contribution in [-0.4, -0.2) is 25.8 Å². The molecular formula is C21H21N5O. The van der Waals surface area contributed by atoms with E-state index in [4.69, 9.17) is 0 Å². The van der Waals surface area contributed by atoms with E-state index in [1.54, 1.807) is 24.5 Å². The van der Waals surface area contributed by atoms with Crippen LogP contribution in [0.15, 0.2) is 59.8 Å². The second-order valence-corrected chi connectivity index (χ2v) is 7.50. The van der Waals surface area contributed by atoms with Crippen molar-refractivity contribution in [1.29, 1.82) is 0 Å². The van der Waals surface area contributed by atoms with Crippen molar-refractivity contribution in [1.82, 2.24) is 19.7 Å². The number of hydrogen-bond acceptors (Lipinski definition) is 5. The standard InChI is InChI=1S/C21H21N5O/c27-21-8-6-18(25-26(21)13-14-2-1-9-22-11-14)16-4-7-20(23-12-16)24-19-10-15-3-5-17(15)19/h1-2,4,6-9,11-12,15,17,19H,3,5,10,13H2,(H,23,24). The van der Waals surface area contributed by atoms with Gasteiger partial charge >= 0.3 is 0 Å². The van der Waals surface area contributed by atoms with Crippen LogP contribution < -0.4 is 10.9 Å². The van der Waals surface area contributed by atoms with Crippen molar-refractivity contribution < 1.29 is 0 Å². The first-order valence-electron chi connectivity index (χ1n) is 9.46. The van der Waals surface area contributed by atoms with Gasteiger partial charge in [-0.2, -0.15) is 5.10 Å². The summed E-state index contributed by atoms with van der Waals surface area (Å²) < 4.78 is 1.46. The second kappa shape index (κ2) is 6.61. The normalized spacial score (nSPS) is 23.0. The van der Waals surface area contributed by atoms with Gasteiger partial charge in [0.2, 0.25) is 0 Å². The maximum Gasteiger partial charge on any atom is 0.267 e. The molecule has 1 N–H and O–H groups in total. The summed E-state index contributed by atoms with van der Waals surface area (Å²) >= 11 is 0. The van der Waals surface area contributed by atoms with Crippen molar-refractivity contribution in [3.63, 3.8) is 0 Å². The average molecular weight is 359 g/mol. The topological polar surface area (TPSA) is 72.7 Å². The third-order valence-electron chi connectivity index (χ3n) is 5.86. The van der Waals surface area contributed by atoms with Crippen molar-refractivity contribution in [2.24, 2.45) is 11.8 Å². The van der Waals surface area contributed by atoms with Crippen LogP contribution in [0.2, 0.25) is 0 Å². The molecule has 2 fully saturated rings. The molecule has 5 rings (SSSR count). The van der Waals surface area contributed by atoms with Gasteiger partial charge in [0, 0.05) is 36.3 Å². The first-order valence-corrected chi connectivity index (χ1v) is 9.46. The highest BCUT2D eigenvalue weighted by Crippen LogP contribution is 2.50. The third-order valence-corrected chi connectivity index (χ3v) is 5.86. The molecule has 3 atom stereocenters. The Morgan fingerprint density at radius 2 is 2.07 bits per heavy atom. The molecule has 3 heterocycles.